The van der Waals surface area contributed by atoms with Gasteiger partial charge in [-0.2, -0.15) is 8.42 Å². The van der Waals surface area contributed by atoms with Gasteiger partial charge < -0.3 is 0 Å². The zero-order valence-corrected chi connectivity index (χ0v) is 7.23. The van der Waals surface area contributed by atoms with Crippen LogP contribution in [0.3, 0.4) is 0 Å². The normalized spacial score (nSPS) is 11.6. The highest BCUT2D eigenvalue weighted by Crippen LogP contribution is 2.21. The van der Waals surface area contributed by atoms with E-state index in [1.54, 1.807) is 0 Å². The van der Waals surface area contributed by atoms with Gasteiger partial charge in [-0.05, 0) is 18.2 Å². The molecule has 1 aromatic carbocycles. The lowest BCUT2D eigenvalue weighted by Crippen LogP contribution is -1.98. The van der Waals surface area contributed by atoms with Crippen LogP contribution in [0.2, 0.25) is 5.02 Å². The maximum Gasteiger partial charge on any atom is 0.296 e. The molecule has 1 aromatic rings. The van der Waals surface area contributed by atoms with E-state index in [2.05, 4.69) is 0 Å². The largest absolute Gasteiger partial charge is 0.296 e. The smallest absolute Gasteiger partial charge is 0.282 e. The van der Waals surface area contributed by atoms with Gasteiger partial charge in [0.15, 0.2) is 0 Å². The molecule has 0 heterocycles. The molecular weight excluding hydrogens is 207 g/mol. The number of halogens is 2. The summed E-state index contributed by atoms with van der Waals surface area (Å²) in [4.78, 5) is -0.495. The van der Waals surface area contributed by atoms with E-state index >= 15 is 0 Å². The lowest BCUT2D eigenvalue weighted by molar-refractivity contribution is 0.483. The first kappa shape index (κ1) is 9.44. The van der Waals surface area contributed by atoms with Gasteiger partial charge in [0, 0.05) is 0 Å². The van der Waals surface area contributed by atoms with Crippen LogP contribution in [0.4, 0.5) is 4.39 Å². The van der Waals surface area contributed by atoms with Crippen molar-refractivity contribution in [1.82, 2.24) is 0 Å². The number of rotatable bonds is 1. The summed E-state index contributed by atoms with van der Waals surface area (Å²) in [5, 5.41) is -0.336. The van der Waals surface area contributed by atoms with E-state index in [1.807, 2.05) is 0 Å². The summed E-state index contributed by atoms with van der Waals surface area (Å²) in [7, 11) is -4.35. The van der Waals surface area contributed by atoms with E-state index in [4.69, 9.17) is 16.2 Å². The fourth-order valence-corrected chi connectivity index (χ4v) is 1.69. The first-order valence-corrected chi connectivity index (χ1v) is 4.65. The van der Waals surface area contributed by atoms with Crippen LogP contribution in [0.15, 0.2) is 23.1 Å². The maximum atomic E-state index is 12.4. The maximum absolute atomic E-state index is 12.4. The lowest BCUT2D eigenvalue weighted by atomic mass is 10.3. The van der Waals surface area contributed by atoms with Crippen molar-refractivity contribution in [3.8, 4) is 0 Å². The van der Waals surface area contributed by atoms with Crippen LogP contribution in [0, 0.1) is 5.82 Å². The molecule has 3 nitrogen and oxygen atoms in total. The van der Waals surface area contributed by atoms with Crippen LogP contribution in [-0.4, -0.2) is 13.0 Å². The first-order valence-electron chi connectivity index (χ1n) is 2.84. The summed E-state index contributed by atoms with van der Waals surface area (Å²) in [6.07, 6.45) is 0. The highest BCUT2D eigenvalue weighted by atomic mass is 35.5. The Balaban J connectivity index is 3.39. The average Bonchev–Trinajstić information content (AvgIpc) is 1.83. The zero-order valence-electron chi connectivity index (χ0n) is 5.66. The molecule has 0 spiro atoms. The Morgan fingerprint density at radius 3 is 2.42 bits per heavy atom. The van der Waals surface area contributed by atoms with Crippen LogP contribution in [0.1, 0.15) is 0 Å². The minimum atomic E-state index is -4.35. The molecular formula is C6H4ClFO3S. The van der Waals surface area contributed by atoms with Gasteiger partial charge in [0.25, 0.3) is 10.1 Å². The van der Waals surface area contributed by atoms with Gasteiger partial charge >= 0.3 is 0 Å². The molecule has 1 rings (SSSR count). The summed E-state index contributed by atoms with van der Waals surface area (Å²) < 4.78 is 41.9. The number of benzene rings is 1. The average molecular weight is 211 g/mol. The van der Waals surface area contributed by atoms with E-state index in [9.17, 15) is 12.8 Å². The van der Waals surface area contributed by atoms with Gasteiger partial charge in [-0.3, -0.25) is 4.55 Å². The molecule has 0 atom stereocenters. The van der Waals surface area contributed by atoms with Crippen molar-refractivity contribution in [2.45, 2.75) is 4.90 Å². The Morgan fingerprint density at radius 2 is 2.00 bits per heavy atom. The second kappa shape index (κ2) is 3.01. The topological polar surface area (TPSA) is 54.4 Å². The first-order chi connectivity index (χ1) is 5.41. The van der Waals surface area contributed by atoms with E-state index in [1.165, 1.54) is 0 Å². The van der Waals surface area contributed by atoms with Crippen LogP contribution >= 0.6 is 11.6 Å². The monoisotopic (exact) mass is 210 g/mol. The SMILES string of the molecule is O=S(=O)(O)c1ccc(F)cc1Cl. The van der Waals surface area contributed by atoms with Crippen molar-refractivity contribution in [3.63, 3.8) is 0 Å². The third-order valence-corrected chi connectivity index (χ3v) is 2.51. The molecule has 0 aliphatic heterocycles. The molecule has 6 heteroatoms. The van der Waals surface area contributed by atoms with Crippen LogP contribution < -0.4 is 0 Å². The second-order valence-corrected chi connectivity index (χ2v) is 3.85. The lowest BCUT2D eigenvalue weighted by Gasteiger charge is -1.98. The third kappa shape index (κ3) is 1.94. The summed E-state index contributed by atoms with van der Waals surface area (Å²) >= 11 is 5.33. The molecule has 1 N–H and O–H groups in total. The van der Waals surface area contributed by atoms with E-state index in [0.717, 1.165) is 18.2 Å². The molecule has 0 aliphatic carbocycles. The van der Waals surface area contributed by atoms with E-state index in [-0.39, 0.29) is 5.02 Å². The third-order valence-electron chi connectivity index (χ3n) is 1.17. The fourth-order valence-electron chi connectivity index (χ4n) is 0.684. The molecule has 12 heavy (non-hydrogen) atoms. The Morgan fingerprint density at radius 1 is 1.42 bits per heavy atom. The van der Waals surface area contributed by atoms with E-state index < -0.39 is 20.8 Å². The standard InChI is InChI=1S/C6H4ClFO3S/c7-5-3-4(8)1-2-6(5)12(9,10)11/h1-3H,(H,9,10,11). The Kier molecular flexibility index (Phi) is 2.36. The molecule has 0 saturated heterocycles. The molecule has 0 aromatic heterocycles. The molecule has 0 saturated carbocycles. The highest BCUT2D eigenvalue weighted by Gasteiger charge is 2.14. The van der Waals surface area contributed by atoms with Gasteiger partial charge in [0.1, 0.15) is 10.7 Å². The zero-order chi connectivity index (χ0) is 9.35. The van der Waals surface area contributed by atoms with Gasteiger partial charge in [0.2, 0.25) is 0 Å². The predicted molar refractivity (Wildman–Crippen MR) is 41.2 cm³/mol. The van der Waals surface area contributed by atoms with Crippen molar-refractivity contribution in [3.05, 3.63) is 29.0 Å². The molecule has 0 unspecified atom stereocenters. The highest BCUT2D eigenvalue weighted by molar-refractivity contribution is 7.86. The summed E-state index contributed by atoms with van der Waals surface area (Å²) in [6.45, 7) is 0. The fraction of sp³-hybridized carbons (Fsp3) is 0. The van der Waals surface area contributed by atoms with Crippen molar-refractivity contribution < 1.29 is 17.4 Å². The van der Waals surface area contributed by atoms with Crippen molar-refractivity contribution in [1.29, 1.82) is 0 Å². The predicted octanol–water partition coefficient (Wildman–Crippen LogP) is 1.73. The summed E-state index contributed by atoms with van der Waals surface area (Å²) in [6, 6.07) is 2.60. The van der Waals surface area contributed by atoms with Gasteiger partial charge in [0.05, 0.1) is 5.02 Å². The van der Waals surface area contributed by atoms with Crippen LogP contribution in [0.5, 0.6) is 0 Å². The quantitative estimate of drug-likeness (QED) is 0.719. The van der Waals surface area contributed by atoms with Crippen molar-refractivity contribution in [2.75, 3.05) is 0 Å². The summed E-state index contributed by atoms with van der Waals surface area (Å²) in [5.41, 5.74) is 0. The number of hydrogen-bond donors (Lipinski definition) is 1. The molecule has 0 bridgehead atoms. The Labute approximate surface area is 73.5 Å². The number of hydrogen-bond acceptors (Lipinski definition) is 2. The van der Waals surface area contributed by atoms with Crippen molar-refractivity contribution >= 4 is 21.7 Å². The Hall–Kier alpha value is -0.650. The van der Waals surface area contributed by atoms with Gasteiger partial charge in [-0.15, -0.1) is 0 Å². The van der Waals surface area contributed by atoms with Crippen LogP contribution in [-0.2, 0) is 10.1 Å². The minimum Gasteiger partial charge on any atom is -0.282 e. The van der Waals surface area contributed by atoms with Crippen LogP contribution in [0.25, 0.3) is 0 Å². The summed E-state index contributed by atoms with van der Waals surface area (Å²) in [5.74, 6) is -0.660. The van der Waals surface area contributed by atoms with Crippen molar-refractivity contribution in [2.24, 2.45) is 0 Å². The Bertz CT molecular complexity index is 401. The molecule has 0 fully saturated rings. The van der Waals surface area contributed by atoms with Gasteiger partial charge in [-0.1, -0.05) is 11.6 Å². The van der Waals surface area contributed by atoms with E-state index in [0.29, 0.717) is 0 Å². The van der Waals surface area contributed by atoms with Gasteiger partial charge in [-0.25, -0.2) is 4.39 Å². The molecule has 0 amide bonds. The molecule has 0 radical (unpaired) electrons. The second-order valence-electron chi connectivity index (χ2n) is 2.05. The minimum absolute atomic E-state index is 0.336. The molecule has 0 aliphatic rings. The molecule has 66 valence electrons.